The molecule has 178 valence electrons. The highest BCUT2D eigenvalue weighted by molar-refractivity contribution is 5.88. The molecule has 0 N–H and O–H groups in total. The molecule has 35 heavy (non-hydrogen) atoms. The van der Waals surface area contributed by atoms with Crippen molar-refractivity contribution in [3.8, 4) is 22.3 Å². The van der Waals surface area contributed by atoms with E-state index in [1.807, 2.05) is 7.05 Å². The molecule has 0 bridgehead atoms. The van der Waals surface area contributed by atoms with Gasteiger partial charge in [-0.2, -0.15) is 0 Å². The highest BCUT2D eigenvalue weighted by Crippen LogP contribution is 2.28. The molecule has 0 spiro atoms. The van der Waals surface area contributed by atoms with Crippen molar-refractivity contribution in [3.63, 3.8) is 0 Å². The van der Waals surface area contributed by atoms with Gasteiger partial charge in [0.15, 0.2) is 0 Å². The lowest BCUT2D eigenvalue weighted by molar-refractivity contribution is -0.124. The van der Waals surface area contributed by atoms with Gasteiger partial charge in [0.25, 0.3) is 0 Å². The number of fused-ring (bicyclic) bond motifs is 1. The molecule has 2 heteroatoms. The van der Waals surface area contributed by atoms with Crippen molar-refractivity contribution < 1.29 is 4.79 Å². The van der Waals surface area contributed by atoms with Crippen molar-refractivity contribution in [2.24, 2.45) is 0 Å². The van der Waals surface area contributed by atoms with E-state index in [9.17, 15) is 4.79 Å². The Morgan fingerprint density at radius 2 is 1.26 bits per heavy atom. The summed E-state index contributed by atoms with van der Waals surface area (Å²) >= 11 is 0. The van der Waals surface area contributed by atoms with Crippen LogP contribution in [0.25, 0.3) is 33.0 Å². The highest BCUT2D eigenvalue weighted by atomic mass is 16.2. The van der Waals surface area contributed by atoms with Crippen LogP contribution in [0, 0.1) is 0 Å². The van der Waals surface area contributed by atoms with Crippen LogP contribution in [0.1, 0.15) is 37.3 Å². The molecule has 0 radical (unpaired) electrons. The van der Waals surface area contributed by atoms with Gasteiger partial charge in [-0.05, 0) is 75.6 Å². The second-order valence-corrected chi connectivity index (χ2v) is 9.34. The molecule has 4 aromatic rings. The van der Waals surface area contributed by atoms with Crippen molar-refractivity contribution in [2.75, 3.05) is 13.6 Å². The third-order valence-corrected chi connectivity index (χ3v) is 6.77. The van der Waals surface area contributed by atoms with Crippen LogP contribution in [0.15, 0.2) is 97.6 Å². The summed E-state index contributed by atoms with van der Waals surface area (Å²) in [6, 6.07) is 31.1. The van der Waals surface area contributed by atoms with E-state index in [2.05, 4.69) is 98.4 Å². The number of hydrogen-bond acceptors (Lipinski definition) is 1. The van der Waals surface area contributed by atoms with Gasteiger partial charge in [0.1, 0.15) is 0 Å². The number of amides is 1. The number of likely N-dealkylation sites (N-methyl/N-ethyl adjacent to an activating group) is 1. The van der Waals surface area contributed by atoms with Gasteiger partial charge in [-0.1, -0.05) is 105 Å². The molecule has 4 rings (SSSR count). The van der Waals surface area contributed by atoms with Gasteiger partial charge < -0.3 is 4.90 Å². The number of rotatable bonds is 10. The van der Waals surface area contributed by atoms with Crippen LogP contribution in [0.5, 0.6) is 0 Å². The van der Waals surface area contributed by atoms with E-state index in [0.29, 0.717) is 6.54 Å². The monoisotopic (exact) mass is 461 g/mol. The molecule has 0 aliphatic carbocycles. The Labute approximate surface area is 209 Å². The average Bonchev–Trinajstić information content (AvgIpc) is 2.91. The number of nitrogens with zero attached hydrogens (tertiary/aromatic N) is 1. The van der Waals surface area contributed by atoms with Gasteiger partial charge in [-0.15, -0.1) is 0 Å². The molecule has 4 aromatic carbocycles. The zero-order valence-corrected chi connectivity index (χ0v) is 21.0. The Balaban J connectivity index is 1.44. The van der Waals surface area contributed by atoms with E-state index in [1.54, 1.807) is 4.90 Å². The molecule has 0 unspecified atom stereocenters. The molecule has 0 saturated heterocycles. The van der Waals surface area contributed by atoms with Crippen LogP contribution < -0.4 is 0 Å². The third-order valence-electron chi connectivity index (χ3n) is 6.77. The minimum absolute atomic E-state index is 0.0409. The minimum Gasteiger partial charge on any atom is -0.342 e. The molecule has 0 fully saturated rings. The Kier molecular flexibility index (Phi) is 8.15. The highest BCUT2D eigenvalue weighted by Gasteiger charge is 2.06. The Bertz CT molecular complexity index is 1290. The first-order valence-corrected chi connectivity index (χ1v) is 12.7. The Morgan fingerprint density at radius 1 is 0.714 bits per heavy atom. The lowest BCUT2D eigenvalue weighted by Gasteiger charge is -2.15. The van der Waals surface area contributed by atoms with E-state index >= 15 is 0 Å². The lowest BCUT2D eigenvalue weighted by Crippen LogP contribution is -2.26. The number of hydrogen-bond donors (Lipinski definition) is 0. The number of carbonyl (C=O) groups excluding carboxylic acids is 1. The van der Waals surface area contributed by atoms with Crippen LogP contribution in [0.3, 0.4) is 0 Å². The Hall–Kier alpha value is -3.65. The predicted octanol–water partition coefficient (Wildman–Crippen LogP) is 8.09. The summed E-state index contributed by atoms with van der Waals surface area (Å²) in [5, 5.41) is 2.45. The summed E-state index contributed by atoms with van der Waals surface area (Å²) in [7, 11) is 1.81. The van der Waals surface area contributed by atoms with E-state index in [0.717, 1.165) is 6.42 Å². The standard InChI is InChI=1S/C33H35NO/c1-4-6-7-8-25-9-12-27(13-10-25)28-15-17-29(18-16-28)31-20-19-30-23-26(11-14-32(30)24-31)21-22-34(3)33(35)5-2/h5,9-20,23-24H,2,4,6-8,21-22H2,1,3H3. The molecule has 0 aromatic heterocycles. The first kappa shape index (κ1) is 24.5. The fourth-order valence-corrected chi connectivity index (χ4v) is 4.49. The zero-order chi connectivity index (χ0) is 24.6. The van der Waals surface area contributed by atoms with Gasteiger partial charge in [0.05, 0.1) is 0 Å². The quantitative estimate of drug-likeness (QED) is 0.173. The number of aryl methyl sites for hydroxylation is 1. The van der Waals surface area contributed by atoms with Crippen molar-refractivity contribution in [1.82, 2.24) is 4.90 Å². The zero-order valence-electron chi connectivity index (χ0n) is 21.0. The fraction of sp³-hybridized carbons (Fsp3) is 0.242. The SMILES string of the molecule is C=CC(=O)N(C)CCc1ccc2cc(-c3ccc(-c4ccc(CCCCC)cc4)cc3)ccc2c1. The molecular formula is C33H35NO. The van der Waals surface area contributed by atoms with Crippen LogP contribution in [-0.4, -0.2) is 24.4 Å². The van der Waals surface area contributed by atoms with Crippen LogP contribution in [-0.2, 0) is 17.6 Å². The molecule has 0 saturated carbocycles. The van der Waals surface area contributed by atoms with Crippen LogP contribution >= 0.6 is 0 Å². The van der Waals surface area contributed by atoms with E-state index in [1.165, 1.54) is 75.9 Å². The maximum absolute atomic E-state index is 11.7. The first-order chi connectivity index (χ1) is 17.1. The van der Waals surface area contributed by atoms with Crippen molar-refractivity contribution in [3.05, 3.63) is 109 Å². The van der Waals surface area contributed by atoms with Gasteiger partial charge in [-0.25, -0.2) is 0 Å². The smallest absolute Gasteiger partial charge is 0.245 e. The first-order valence-electron chi connectivity index (χ1n) is 12.7. The van der Waals surface area contributed by atoms with Crippen molar-refractivity contribution in [2.45, 2.75) is 39.0 Å². The molecule has 0 aliphatic rings. The molecule has 2 nitrogen and oxygen atoms in total. The number of carbonyl (C=O) groups is 1. The molecule has 0 atom stereocenters. The maximum Gasteiger partial charge on any atom is 0.245 e. The van der Waals surface area contributed by atoms with Gasteiger partial charge >= 0.3 is 0 Å². The lowest BCUT2D eigenvalue weighted by atomic mass is 9.96. The number of unbranched alkanes of at least 4 members (excludes halogenated alkanes) is 2. The summed E-state index contributed by atoms with van der Waals surface area (Å²) in [4.78, 5) is 13.4. The summed E-state index contributed by atoms with van der Waals surface area (Å²) < 4.78 is 0. The van der Waals surface area contributed by atoms with E-state index in [4.69, 9.17) is 0 Å². The summed E-state index contributed by atoms with van der Waals surface area (Å²) in [6.45, 7) is 6.49. The molecule has 1 amide bonds. The van der Waals surface area contributed by atoms with Crippen molar-refractivity contribution >= 4 is 16.7 Å². The molecule has 0 aliphatic heterocycles. The second-order valence-electron chi connectivity index (χ2n) is 9.34. The number of benzene rings is 4. The normalized spacial score (nSPS) is 10.9. The molecular weight excluding hydrogens is 426 g/mol. The molecule has 0 heterocycles. The fourth-order valence-electron chi connectivity index (χ4n) is 4.49. The average molecular weight is 462 g/mol. The Morgan fingerprint density at radius 3 is 1.91 bits per heavy atom. The van der Waals surface area contributed by atoms with E-state index in [-0.39, 0.29) is 5.91 Å². The van der Waals surface area contributed by atoms with Crippen molar-refractivity contribution in [1.29, 1.82) is 0 Å². The minimum atomic E-state index is -0.0409. The third kappa shape index (κ3) is 6.27. The van der Waals surface area contributed by atoms with Crippen LogP contribution in [0.4, 0.5) is 0 Å². The summed E-state index contributed by atoms with van der Waals surface area (Å²) in [5.74, 6) is -0.0409. The summed E-state index contributed by atoms with van der Waals surface area (Å²) in [6.07, 6.45) is 7.19. The van der Waals surface area contributed by atoms with Gasteiger partial charge in [0.2, 0.25) is 5.91 Å². The second kappa shape index (κ2) is 11.7. The largest absolute Gasteiger partial charge is 0.342 e. The van der Waals surface area contributed by atoms with Gasteiger partial charge in [-0.3, -0.25) is 4.79 Å². The maximum atomic E-state index is 11.7. The van der Waals surface area contributed by atoms with E-state index < -0.39 is 0 Å². The summed E-state index contributed by atoms with van der Waals surface area (Å²) in [5.41, 5.74) is 7.62. The van der Waals surface area contributed by atoms with Crippen LogP contribution in [0.2, 0.25) is 0 Å². The van der Waals surface area contributed by atoms with Gasteiger partial charge in [0, 0.05) is 13.6 Å². The topological polar surface area (TPSA) is 20.3 Å². The predicted molar refractivity (Wildman–Crippen MR) is 150 cm³/mol.